The van der Waals surface area contributed by atoms with Crippen LogP contribution in [-0.2, 0) is 0 Å². The zero-order valence-electron chi connectivity index (χ0n) is 6.65. The predicted octanol–water partition coefficient (Wildman–Crippen LogP) is -1.83. The molecule has 2 heteroatoms. The Morgan fingerprint density at radius 1 is 1.20 bits per heavy atom. The van der Waals surface area contributed by atoms with Crippen molar-refractivity contribution in [3.8, 4) is 0 Å². The van der Waals surface area contributed by atoms with Gasteiger partial charge in [0, 0.05) is 0 Å². The van der Waals surface area contributed by atoms with Crippen LogP contribution in [0.1, 0.15) is 13.8 Å². The van der Waals surface area contributed by atoms with E-state index in [1.54, 1.807) is 11.1 Å². The van der Waals surface area contributed by atoms with Crippen molar-refractivity contribution in [3.63, 3.8) is 0 Å². The normalized spacial score (nSPS) is 30.2. The Kier molecular flexibility index (Phi) is 1.57. The van der Waals surface area contributed by atoms with Crippen molar-refractivity contribution in [1.29, 1.82) is 0 Å². The number of quaternary nitrogens is 1. The van der Waals surface area contributed by atoms with Gasteiger partial charge in [-0.05, 0) is 0 Å². The van der Waals surface area contributed by atoms with Gasteiger partial charge in [-0.15, -0.1) is 0 Å². The summed E-state index contributed by atoms with van der Waals surface area (Å²) in [7, 11) is 0. The van der Waals surface area contributed by atoms with Gasteiger partial charge < -0.3 is 0 Å². The number of alkyl halides is 1. The van der Waals surface area contributed by atoms with Gasteiger partial charge in [0.25, 0.3) is 0 Å². The molecule has 1 fully saturated rings. The van der Waals surface area contributed by atoms with E-state index in [0.717, 1.165) is 0 Å². The third-order valence-electron chi connectivity index (χ3n) is 2.47. The van der Waals surface area contributed by atoms with Gasteiger partial charge in [0.15, 0.2) is 0 Å². The molecule has 2 rings (SSSR count). The van der Waals surface area contributed by atoms with Gasteiger partial charge in [-0.25, -0.2) is 0 Å². The first kappa shape index (κ1) is 7.10. The molecule has 0 aliphatic carbocycles. The number of rotatable bonds is 0. The van der Waals surface area contributed by atoms with E-state index >= 15 is 0 Å². The van der Waals surface area contributed by atoms with Crippen molar-refractivity contribution >= 4 is 0 Å². The summed E-state index contributed by atoms with van der Waals surface area (Å²) >= 11 is 0.492. The Labute approximate surface area is 73.3 Å². The Morgan fingerprint density at radius 3 is 2.40 bits per heavy atom. The Morgan fingerprint density at radius 2 is 1.90 bits per heavy atom. The number of hydrogen-bond donors (Lipinski definition) is 0. The van der Waals surface area contributed by atoms with Crippen LogP contribution in [0.25, 0.3) is 0 Å². The van der Waals surface area contributed by atoms with Crippen LogP contribution in [0.5, 0.6) is 0 Å². The molecule has 1 saturated heterocycles. The minimum absolute atomic E-state index is 0.492. The van der Waals surface area contributed by atoms with E-state index in [0.29, 0.717) is 21.5 Å². The third-order valence-corrected chi connectivity index (χ3v) is 6.71. The second kappa shape index (κ2) is 2.21. The van der Waals surface area contributed by atoms with Crippen molar-refractivity contribution < 1.29 is 24.2 Å². The molecule has 0 atom stereocenters. The molecule has 0 aromatic heterocycles. The van der Waals surface area contributed by atoms with Gasteiger partial charge in [0.1, 0.15) is 0 Å². The monoisotopic (exact) mass is 251 g/mol. The molecule has 0 bridgehead atoms. The van der Waals surface area contributed by atoms with E-state index in [-0.39, 0.29) is 0 Å². The molecule has 1 nitrogen and oxygen atoms in total. The first-order chi connectivity index (χ1) is 4.72. The van der Waals surface area contributed by atoms with Crippen LogP contribution < -0.4 is 21.5 Å². The summed E-state index contributed by atoms with van der Waals surface area (Å²) in [5.41, 5.74) is 3.38. The van der Waals surface area contributed by atoms with E-state index in [9.17, 15) is 0 Å². The maximum atomic E-state index is 2.32. The fraction of sp³-hybridized carbons (Fsp3) is 0.750. The van der Waals surface area contributed by atoms with Gasteiger partial charge in [-0.1, -0.05) is 0 Å². The van der Waals surface area contributed by atoms with Crippen LogP contribution in [0.3, 0.4) is 0 Å². The van der Waals surface area contributed by atoms with Crippen LogP contribution in [0, 0.1) is 0 Å². The van der Waals surface area contributed by atoms with Crippen LogP contribution in [-0.4, -0.2) is 26.8 Å². The fourth-order valence-corrected chi connectivity index (χ4v) is 4.86. The minimum atomic E-state index is 0.492. The quantitative estimate of drug-likeness (QED) is 0.156. The van der Waals surface area contributed by atoms with Crippen LogP contribution in [0.2, 0.25) is 0 Å². The molecular weight excluding hydrogens is 237 g/mol. The topological polar surface area (TPSA) is 0 Å². The van der Waals surface area contributed by atoms with Crippen molar-refractivity contribution in [2.45, 2.75) is 13.8 Å². The van der Waals surface area contributed by atoms with Crippen molar-refractivity contribution in [1.82, 2.24) is 0 Å². The van der Waals surface area contributed by atoms with E-state index in [1.165, 1.54) is 26.8 Å². The fourth-order valence-electron chi connectivity index (χ4n) is 1.32. The van der Waals surface area contributed by atoms with Gasteiger partial charge in [-0.3, -0.25) is 0 Å². The Hall–Kier alpha value is 0.430. The van der Waals surface area contributed by atoms with E-state index in [1.807, 2.05) is 0 Å². The number of hydrogen-bond acceptors (Lipinski definition) is 0. The molecular formula is C8H14IN. The molecule has 0 amide bonds. The summed E-state index contributed by atoms with van der Waals surface area (Å²) < 4.78 is 2.99. The molecule has 0 aromatic carbocycles. The number of halogens is 1. The molecule has 1 spiro atoms. The van der Waals surface area contributed by atoms with E-state index < -0.39 is 0 Å². The maximum absolute atomic E-state index is 2.32. The van der Waals surface area contributed by atoms with Gasteiger partial charge in [0.2, 0.25) is 0 Å². The molecule has 2 aliphatic heterocycles. The third kappa shape index (κ3) is 1.11. The number of allylic oxidation sites excluding steroid dienone is 1. The van der Waals surface area contributed by atoms with Gasteiger partial charge in [-0.2, -0.15) is 0 Å². The SMILES string of the molecule is CC1=C(C)C[N+]2(CC2)[I-]C1. The Bertz CT molecular complexity index is 191. The molecule has 0 saturated carbocycles. The molecule has 58 valence electrons. The van der Waals surface area contributed by atoms with Gasteiger partial charge >= 0.3 is 73.2 Å². The molecule has 2 heterocycles. The summed E-state index contributed by atoms with van der Waals surface area (Å²) in [6.45, 7) is 9.03. The van der Waals surface area contributed by atoms with Crippen molar-refractivity contribution in [3.05, 3.63) is 11.1 Å². The van der Waals surface area contributed by atoms with Crippen molar-refractivity contribution in [2.75, 3.05) is 24.1 Å². The molecule has 0 radical (unpaired) electrons. The zero-order valence-corrected chi connectivity index (χ0v) is 8.81. The average molecular weight is 251 g/mol. The molecule has 0 N–H and O–H groups in total. The summed E-state index contributed by atoms with van der Waals surface area (Å²) in [4.78, 5) is 0. The number of nitrogens with zero attached hydrogens (tertiary/aromatic N) is 1. The summed E-state index contributed by atoms with van der Waals surface area (Å²) in [5, 5.41) is 0. The standard InChI is InChI=1S/C8H14IN/c1-7-5-9-10(3-4-10)6-8(7)2/h3-6H2,1-2H3. The van der Waals surface area contributed by atoms with Crippen LogP contribution >= 0.6 is 0 Å². The van der Waals surface area contributed by atoms with E-state index in [2.05, 4.69) is 13.8 Å². The molecule has 10 heavy (non-hydrogen) atoms. The first-order valence-corrected chi connectivity index (χ1v) is 6.33. The van der Waals surface area contributed by atoms with Crippen LogP contribution in [0.15, 0.2) is 11.1 Å². The molecule has 2 aliphatic rings. The van der Waals surface area contributed by atoms with Crippen LogP contribution in [0.4, 0.5) is 0 Å². The van der Waals surface area contributed by atoms with E-state index in [4.69, 9.17) is 0 Å². The van der Waals surface area contributed by atoms with Crippen molar-refractivity contribution in [2.24, 2.45) is 0 Å². The zero-order chi connectivity index (χ0) is 7.19. The second-order valence-corrected chi connectivity index (χ2v) is 6.94. The summed E-state index contributed by atoms with van der Waals surface area (Å²) in [6.07, 6.45) is 0. The molecule has 0 aromatic rings. The molecule has 0 unspecified atom stereocenters. The van der Waals surface area contributed by atoms with Gasteiger partial charge in [0.05, 0.1) is 0 Å². The Balaban J connectivity index is 2.15. The average Bonchev–Trinajstić information content (AvgIpc) is 2.62. The predicted molar refractivity (Wildman–Crippen MR) is 38.1 cm³/mol. The summed E-state index contributed by atoms with van der Waals surface area (Å²) in [5.74, 6) is 0. The first-order valence-electron chi connectivity index (χ1n) is 3.84. The second-order valence-electron chi connectivity index (χ2n) is 3.45. The summed E-state index contributed by atoms with van der Waals surface area (Å²) in [6, 6.07) is 0.